The van der Waals surface area contributed by atoms with Crippen molar-refractivity contribution in [3.63, 3.8) is 0 Å². The molecule has 8 nitrogen and oxygen atoms in total. The third-order valence-electron chi connectivity index (χ3n) is 3.79. The van der Waals surface area contributed by atoms with Crippen LogP contribution < -0.4 is 5.32 Å². The topological polar surface area (TPSA) is 105 Å². The van der Waals surface area contributed by atoms with Crippen molar-refractivity contribution in [1.82, 2.24) is 10.2 Å². The summed E-state index contributed by atoms with van der Waals surface area (Å²) in [5.41, 5.74) is -0.763. The van der Waals surface area contributed by atoms with Gasteiger partial charge in [0.25, 0.3) is 0 Å². The van der Waals surface area contributed by atoms with Crippen LogP contribution in [-0.4, -0.2) is 66.4 Å². The van der Waals surface area contributed by atoms with E-state index in [4.69, 9.17) is 14.6 Å². The monoisotopic (exact) mass is 388 g/mol. The van der Waals surface area contributed by atoms with Gasteiger partial charge in [0.05, 0.1) is 13.7 Å². The van der Waals surface area contributed by atoms with E-state index in [1.54, 1.807) is 20.8 Å². The van der Waals surface area contributed by atoms with Crippen LogP contribution >= 0.6 is 0 Å². The minimum atomic E-state index is -1.18. The lowest BCUT2D eigenvalue weighted by Crippen LogP contribution is -2.51. The molecule has 158 valence electrons. The molecule has 27 heavy (non-hydrogen) atoms. The number of unbranched alkanes of at least 4 members (excludes halogenated alkanes) is 5. The number of carbonyl (C=O) groups is 3. The third-order valence-corrected chi connectivity index (χ3v) is 3.79. The Hall–Kier alpha value is -1.83. The molecule has 0 rings (SSSR count). The van der Waals surface area contributed by atoms with Gasteiger partial charge in [-0.1, -0.05) is 39.0 Å². The summed E-state index contributed by atoms with van der Waals surface area (Å²) in [6.45, 7) is 7.14. The highest BCUT2D eigenvalue weighted by Crippen LogP contribution is 2.11. The number of methoxy groups -OCH3 is 1. The van der Waals surface area contributed by atoms with Crippen LogP contribution in [0, 0.1) is 0 Å². The molecule has 0 aromatic rings. The van der Waals surface area contributed by atoms with Gasteiger partial charge in [0, 0.05) is 0 Å². The van der Waals surface area contributed by atoms with Crippen molar-refractivity contribution in [3.8, 4) is 0 Å². The summed E-state index contributed by atoms with van der Waals surface area (Å²) in [6.07, 6.45) is 5.91. The van der Waals surface area contributed by atoms with Crippen LogP contribution in [-0.2, 0) is 19.1 Å². The van der Waals surface area contributed by atoms with Gasteiger partial charge in [-0.05, 0) is 33.7 Å². The zero-order valence-electron chi connectivity index (χ0n) is 17.4. The highest BCUT2D eigenvalue weighted by Gasteiger charge is 2.29. The maximum Gasteiger partial charge on any atom is 0.410 e. The highest BCUT2D eigenvalue weighted by atomic mass is 16.6. The van der Waals surface area contributed by atoms with Crippen molar-refractivity contribution in [2.45, 2.75) is 77.9 Å². The van der Waals surface area contributed by atoms with E-state index < -0.39 is 36.2 Å². The van der Waals surface area contributed by atoms with Gasteiger partial charge in [-0.2, -0.15) is 0 Å². The predicted octanol–water partition coefficient (Wildman–Crippen LogP) is 2.80. The van der Waals surface area contributed by atoms with Crippen LogP contribution in [0.4, 0.5) is 4.79 Å². The molecule has 1 amide bonds. The number of amides is 1. The average molecular weight is 389 g/mol. The minimum Gasteiger partial charge on any atom is -0.480 e. The number of hydrogen-bond donors (Lipinski definition) is 2. The number of carboxylic acids is 1. The Bertz CT molecular complexity index is 462. The Morgan fingerprint density at radius 3 is 2.19 bits per heavy atom. The smallest absolute Gasteiger partial charge is 0.410 e. The second-order valence-corrected chi connectivity index (χ2v) is 7.55. The molecule has 2 N–H and O–H groups in total. The first kappa shape index (κ1) is 25.2. The van der Waals surface area contributed by atoms with Crippen LogP contribution in [0.2, 0.25) is 0 Å². The van der Waals surface area contributed by atoms with Gasteiger partial charge < -0.3 is 19.9 Å². The highest BCUT2D eigenvalue weighted by molar-refractivity contribution is 5.79. The lowest BCUT2D eigenvalue weighted by atomic mass is 10.1. The molecule has 0 aliphatic rings. The largest absolute Gasteiger partial charge is 0.480 e. The second-order valence-electron chi connectivity index (χ2n) is 7.55. The summed E-state index contributed by atoms with van der Waals surface area (Å²) in [4.78, 5) is 36.4. The molecular weight excluding hydrogens is 352 g/mol. The van der Waals surface area contributed by atoms with Gasteiger partial charge in [0.1, 0.15) is 18.2 Å². The molecule has 0 saturated heterocycles. The number of esters is 1. The molecule has 0 bridgehead atoms. The Morgan fingerprint density at radius 2 is 1.67 bits per heavy atom. The maximum absolute atomic E-state index is 12.3. The van der Waals surface area contributed by atoms with Gasteiger partial charge in [0.15, 0.2) is 0 Å². The zero-order chi connectivity index (χ0) is 20.9. The summed E-state index contributed by atoms with van der Waals surface area (Å²) in [5, 5.41) is 12.1. The van der Waals surface area contributed by atoms with Crippen LogP contribution in [0.25, 0.3) is 0 Å². The fourth-order valence-corrected chi connectivity index (χ4v) is 2.46. The molecule has 0 spiro atoms. The summed E-state index contributed by atoms with van der Waals surface area (Å²) in [5.74, 6) is -1.72. The number of rotatable bonds is 13. The van der Waals surface area contributed by atoms with Crippen molar-refractivity contribution in [2.24, 2.45) is 0 Å². The Kier molecular flexibility index (Phi) is 12.5. The summed E-state index contributed by atoms with van der Waals surface area (Å²) >= 11 is 0. The molecule has 8 heteroatoms. The van der Waals surface area contributed by atoms with E-state index in [0.717, 1.165) is 24.2 Å². The van der Waals surface area contributed by atoms with E-state index in [2.05, 4.69) is 12.2 Å². The summed E-state index contributed by atoms with van der Waals surface area (Å²) in [7, 11) is 1.26. The number of hydrogen-bond acceptors (Lipinski definition) is 6. The molecule has 1 atom stereocenters. The molecule has 0 aliphatic carbocycles. The molecule has 0 heterocycles. The first-order valence-electron chi connectivity index (χ1n) is 9.61. The van der Waals surface area contributed by atoms with Gasteiger partial charge in [-0.15, -0.1) is 0 Å². The van der Waals surface area contributed by atoms with E-state index in [0.29, 0.717) is 6.54 Å². The maximum atomic E-state index is 12.3. The third kappa shape index (κ3) is 13.1. The second kappa shape index (κ2) is 13.4. The zero-order valence-corrected chi connectivity index (χ0v) is 17.4. The number of carboxylic acid groups (broad SMARTS) is 1. The minimum absolute atomic E-state index is 0.135. The van der Waals surface area contributed by atoms with E-state index in [-0.39, 0.29) is 6.54 Å². The summed E-state index contributed by atoms with van der Waals surface area (Å²) < 4.78 is 10.0. The van der Waals surface area contributed by atoms with E-state index in [1.165, 1.54) is 26.4 Å². The molecule has 0 saturated carbocycles. The molecule has 0 radical (unpaired) electrons. The van der Waals surface area contributed by atoms with Crippen molar-refractivity contribution >= 4 is 18.0 Å². The fraction of sp³-hybridized carbons (Fsp3) is 0.842. The Balaban J connectivity index is 4.75. The molecular formula is C19H36N2O6. The standard InChI is InChI=1S/C19H36N2O6/c1-6-7-8-9-10-11-12-20-15(17(24)26-5)13-21(14-16(22)23)18(25)27-19(2,3)4/h15,20H,6-14H2,1-5H3,(H,22,23)/t15-/m1/s1. The van der Waals surface area contributed by atoms with Crippen LogP contribution in [0.3, 0.4) is 0 Å². The lowest BCUT2D eigenvalue weighted by molar-refractivity contribution is -0.145. The molecule has 0 aromatic carbocycles. The van der Waals surface area contributed by atoms with Crippen molar-refractivity contribution in [1.29, 1.82) is 0 Å². The van der Waals surface area contributed by atoms with Crippen molar-refractivity contribution in [3.05, 3.63) is 0 Å². The SMILES string of the molecule is CCCCCCCCN[C@H](CN(CC(=O)O)C(=O)OC(C)(C)C)C(=O)OC. The molecule has 0 aliphatic heterocycles. The molecule has 0 aromatic heterocycles. The van der Waals surface area contributed by atoms with Gasteiger partial charge in [-0.3, -0.25) is 14.5 Å². The van der Waals surface area contributed by atoms with Crippen LogP contribution in [0.5, 0.6) is 0 Å². The molecule has 0 fully saturated rings. The van der Waals surface area contributed by atoms with Crippen LogP contribution in [0.15, 0.2) is 0 Å². The quantitative estimate of drug-likeness (QED) is 0.369. The number of ether oxygens (including phenoxy) is 2. The number of nitrogens with zero attached hydrogens (tertiary/aromatic N) is 1. The number of nitrogens with one attached hydrogen (secondary N) is 1. The van der Waals surface area contributed by atoms with E-state index >= 15 is 0 Å². The number of carbonyl (C=O) groups excluding carboxylic acids is 2. The average Bonchev–Trinajstić information content (AvgIpc) is 2.56. The molecule has 0 unspecified atom stereocenters. The fourth-order valence-electron chi connectivity index (χ4n) is 2.46. The van der Waals surface area contributed by atoms with Crippen molar-refractivity contribution < 1.29 is 29.0 Å². The van der Waals surface area contributed by atoms with Gasteiger partial charge in [-0.25, -0.2) is 4.79 Å². The first-order chi connectivity index (χ1) is 12.6. The van der Waals surface area contributed by atoms with E-state index in [9.17, 15) is 14.4 Å². The van der Waals surface area contributed by atoms with Gasteiger partial charge in [0.2, 0.25) is 0 Å². The normalized spacial score (nSPS) is 12.3. The van der Waals surface area contributed by atoms with Crippen molar-refractivity contribution in [2.75, 3.05) is 26.7 Å². The first-order valence-corrected chi connectivity index (χ1v) is 9.61. The van der Waals surface area contributed by atoms with Crippen LogP contribution in [0.1, 0.15) is 66.2 Å². The predicted molar refractivity (Wildman–Crippen MR) is 103 cm³/mol. The number of aliphatic carboxylic acids is 1. The lowest BCUT2D eigenvalue weighted by Gasteiger charge is -2.28. The van der Waals surface area contributed by atoms with Gasteiger partial charge >= 0.3 is 18.0 Å². The van der Waals surface area contributed by atoms with E-state index in [1.807, 2.05) is 0 Å². The summed E-state index contributed by atoms with van der Waals surface area (Å²) in [6, 6.07) is -0.808. The Morgan fingerprint density at radius 1 is 1.07 bits per heavy atom. The Labute approximate surface area is 162 Å².